The molecule has 2 aromatic rings. The fraction of sp³-hybridized carbons (Fsp3) is 0.333. The second-order valence-corrected chi connectivity index (χ2v) is 7.22. The highest BCUT2D eigenvalue weighted by molar-refractivity contribution is 7.14. The van der Waals surface area contributed by atoms with Gasteiger partial charge in [0.25, 0.3) is 11.8 Å². The highest BCUT2D eigenvalue weighted by Gasteiger charge is 2.24. The summed E-state index contributed by atoms with van der Waals surface area (Å²) < 4.78 is 23.9. The zero-order chi connectivity index (χ0) is 19.4. The van der Waals surface area contributed by atoms with E-state index in [1.807, 2.05) is 0 Å². The van der Waals surface area contributed by atoms with E-state index >= 15 is 0 Å². The van der Waals surface area contributed by atoms with Crippen LogP contribution in [0.2, 0.25) is 5.02 Å². The summed E-state index contributed by atoms with van der Waals surface area (Å²) >= 11 is 7.18. The van der Waals surface area contributed by atoms with Crippen molar-refractivity contribution in [2.75, 3.05) is 31.6 Å². The molecule has 1 atom stereocenters. The molecule has 2 heterocycles. The minimum atomic E-state index is -0.888. The molecule has 1 aliphatic rings. The number of hydrogen-bond donors (Lipinski definition) is 1. The Bertz CT molecular complexity index is 839. The Morgan fingerprint density at radius 3 is 2.78 bits per heavy atom. The third-order valence-electron chi connectivity index (χ3n) is 4.00. The SMILES string of the molecule is C[C@H](Oc1ccc(F)cc1Cl)C(=O)Nc1sccc1C(=O)N1CCOCC1. The second-order valence-electron chi connectivity index (χ2n) is 5.89. The van der Waals surface area contributed by atoms with Crippen LogP contribution in [-0.2, 0) is 9.53 Å². The summed E-state index contributed by atoms with van der Waals surface area (Å²) in [6, 6.07) is 5.35. The Morgan fingerprint density at radius 2 is 2.07 bits per heavy atom. The predicted octanol–water partition coefficient (Wildman–Crippen LogP) is 3.42. The number of thiophene rings is 1. The molecule has 1 aliphatic heterocycles. The average Bonchev–Trinajstić information content (AvgIpc) is 3.12. The maximum absolute atomic E-state index is 13.1. The van der Waals surface area contributed by atoms with Gasteiger partial charge in [-0.15, -0.1) is 11.3 Å². The van der Waals surface area contributed by atoms with Gasteiger partial charge in [0.15, 0.2) is 6.10 Å². The molecule has 1 saturated heterocycles. The molecule has 1 fully saturated rings. The first-order chi connectivity index (χ1) is 13.0. The van der Waals surface area contributed by atoms with Gasteiger partial charge < -0.3 is 19.7 Å². The van der Waals surface area contributed by atoms with Crippen LogP contribution in [0.4, 0.5) is 9.39 Å². The van der Waals surface area contributed by atoms with Gasteiger partial charge >= 0.3 is 0 Å². The molecule has 144 valence electrons. The fourth-order valence-electron chi connectivity index (χ4n) is 2.54. The lowest BCUT2D eigenvalue weighted by atomic mass is 10.2. The Balaban J connectivity index is 1.65. The van der Waals surface area contributed by atoms with Crippen LogP contribution in [0.3, 0.4) is 0 Å². The minimum Gasteiger partial charge on any atom is -0.479 e. The molecule has 0 unspecified atom stereocenters. The molecule has 1 aromatic heterocycles. The van der Waals surface area contributed by atoms with E-state index in [2.05, 4.69) is 5.32 Å². The Morgan fingerprint density at radius 1 is 1.33 bits per heavy atom. The Hall–Kier alpha value is -2.16. The van der Waals surface area contributed by atoms with Gasteiger partial charge in [-0.25, -0.2) is 4.39 Å². The van der Waals surface area contributed by atoms with E-state index in [-0.39, 0.29) is 16.7 Å². The van der Waals surface area contributed by atoms with Gasteiger partial charge in [0, 0.05) is 13.1 Å². The molecule has 0 spiro atoms. The smallest absolute Gasteiger partial charge is 0.265 e. The van der Waals surface area contributed by atoms with Gasteiger partial charge in [-0.3, -0.25) is 9.59 Å². The van der Waals surface area contributed by atoms with E-state index in [0.29, 0.717) is 36.9 Å². The molecule has 1 aromatic carbocycles. The molecular weight excluding hydrogens is 395 g/mol. The largest absolute Gasteiger partial charge is 0.479 e. The van der Waals surface area contributed by atoms with Gasteiger partial charge in [-0.1, -0.05) is 11.6 Å². The lowest BCUT2D eigenvalue weighted by Gasteiger charge is -2.27. The number of morpholine rings is 1. The van der Waals surface area contributed by atoms with E-state index in [0.717, 1.165) is 6.07 Å². The molecule has 9 heteroatoms. The number of nitrogens with zero attached hydrogens (tertiary/aromatic N) is 1. The highest BCUT2D eigenvalue weighted by Crippen LogP contribution is 2.28. The Kier molecular flexibility index (Phi) is 6.30. The van der Waals surface area contributed by atoms with Crippen LogP contribution in [0, 0.1) is 5.82 Å². The molecule has 0 bridgehead atoms. The predicted molar refractivity (Wildman–Crippen MR) is 101 cm³/mol. The maximum Gasteiger partial charge on any atom is 0.265 e. The summed E-state index contributed by atoms with van der Waals surface area (Å²) in [5, 5.41) is 5.00. The summed E-state index contributed by atoms with van der Waals surface area (Å²) in [6.07, 6.45) is -0.888. The van der Waals surface area contributed by atoms with Crippen LogP contribution >= 0.6 is 22.9 Å². The van der Waals surface area contributed by atoms with Crippen LogP contribution in [0.25, 0.3) is 0 Å². The molecule has 3 rings (SSSR count). The summed E-state index contributed by atoms with van der Waals surface area (Å²) in [6.45, 7) is 3.59. The highest BCUT2D eigenvalue weighted by atomic mass is 35.5. The van der Waals surface area contributed by atoms with Crippen LogP contribution < -0.4 is 10.1 Å². The molecule has 6 nitrogen and oxygen atoms in total. The molecule has 1 N–H and O–H groups in total. The van der Waals surface area contributed by atoms with Crippen molar-refractivity contribution in [1.82, 2.24) is 4.90 Å². The summed E-state index contributed by atoms with van der Waals surface area (Å²) in [5.41, 5.74) is 0.433. The number of carbonyl (C=O) groups excluding carboxylic acids is 2. The molecule has 0 saturated carbocycles. The monoisotopic (exact) mass is 412 g/mol. The quantitative estimate of drug-likeness (QED) is 0.817. The van der Waals surface area contributed by atoms with Crippen molar-refractivity contribution in [2.45, 2.75) is 13.0 Å². The average molecular weight is 413 g/mol. The van der Waals surface area contributed by atoms with Crippen molar-refractivity contribution >= 4 is 39.8 Å². The van der Waals surface area contributed by atoms with Crippen LogP contribution in [-0.4, -0.2) is 49.1 Å². The molecule has 0 aliphatic carbocycles. The van der Waals surface area contributed by atoms with Gasteiger partial charge in [-0.05, 0) is 36.6 Å². The standard InChI is InChI=1S/C18H18ClFN2O4S/c1-11(26-15-3-2-12(20)10-14(15)19)16(23)21-17-13(4-9-27-17)18(24)22-5-7-25-8-6-22/h2-4,9-11H,5-8H2,1H3,(H,21,23)/t11-/m0/s1. The van der Waals surface area contributed by atoms with Gasteiger partial charge in [-0.2, -0.15) is 0 Å². The summed E-state index contributed by atoms with van der Waals surface area (Å²) in [5.74, 6) is -0.871. The van der Waals surface area contributed by atoms with Gasteiger partial charge in [0.1, 0.15) is 16.6 Å². The zero-order valence-electron chi connectivity index (χ0n) is 14.5. The third-order valence-corrected chi connectivity index (χ3v) is 5.12. The Labute approximate surface area is 164 Å². The fourth-order valence-corrected chi connectivity index (χ4v) is 3.53. The summed E-state index contributed by atoms with van der Waals surface area (Å²) in [4.78, 5) is 26.8. The number of ether oxygens (including phenoxy) is 2. The summed E-state index contributed by atoms with van der Waals surface area (Å²) in [7, 11) is 0. The van der Waals surface area contributed by atoms with Crippen LogP contribution in [0.5, 0.6) is 5.75 Å². The number of amides is 2. The number of halogens is 2. The lowest BCUT2D eigenvalue weighted by molar-refractivity contribution is -0.122. The van der Waals surface area contributed by atoms with Crippen molar-refractivity contribution in [1.29, 1.82) is 0 Å². The van der Waals surface area contributed by atoms with Gasteiger partial charge in [0.05, 0.1) is 23.8 Å². The van der Waals surface area contributed by atoms with Crippen molar-refractivity contribution in [3.63, 3.8) is 0 Å². The molecule has 2 amide bonds. The van der Waals surface area contributed by atoms with Crippen LogP contribution in [0.1, 0.15) is 17.3 Å². The van der Waals surface area contributed by atoms with E-state index in [1.54, 1.807) is 23.3 Å². The second kappa shape index (κ2) is 8.69. The maximum atomic E-state index is 13.1. The number of benzene rings is 1. The minimum absolute atomic E-state index is 0.0777. The van der Waals surface area contributed by atoms with Crippen molar-refractivity contribution in [3.8, 4) is 5.75 Å². The zero-order valence-corrected chi connectivity index (χ0v) is 16.1. The third kappa shape index (κ3) is 4.77. The van der Waals surface area contributed by atoms with Gasteiger partial charge in [0.2, 0.25) is 0 Å². The number of carbonyl (C=O) groups is 2. The van der Waals surface area contributed by atoms with E-state index < -0.39 is 17.8 Å². The molecular formula is C18H18ClFN2O4S. The lowest BCUT2D eigenvalue weighted by Crippen LogP contribution is -2.41. The first kappa shape index (κ1) is 19.6. The van der Waals surface area contributed by atoms with Crippen molar-refractivity contribution in [3.05, 3.63) is 46.0 Å². The molecule has 27 heavy (non-hydrogen) atoms. The normalized spacial score (nSPS) is 15.3. The number of rotatable bonds is 5. The van der Waals surface area contributed by atoms with E-state index in [4.69, 9.17) is 21.1 Å². The van der Waals surface area contributed by atoms with E-state index in [1.165, 1.54) is 23.5 Å². The number of nitrogens with one attached hydrogen (secondary N) is 1. The van der Waals surface area contributed by atoms with Crippen molar-refractivity contribution in [2.24, 2.45) is 0 Å². The number of hydrogen-bond acceptors (Lipinski definition) is 5. The van der Waals surface area contributed by atoms with E-state index in [9.17, 15) is 14.0 Å². The first-order valence-electron chi connectivity index (χ1n) is 8.33. The van der Waals surface area contributed by atoms with Crippen LogP contribution in [0.15, 0.2) is 29.6 Å². The first-order valence-corrected chi connectivity index (χ1v) is 9.58. The number of anilines is 1. The molecule has 0 radical (unpaired) electrons. The van der Waals surface area contributed by atoms with Crippen molar-refractivity contribution < 1.29 is 23.5 Å². The topological polar surface area (TPSA) is 67.9 Å².